The highest BCUT2D eigenvalue weighted by Gasteiger charge is 2.17. The summed E-state index contributed by atoms with van der Waals surface area (Å²) in [4.78, 5) is 11.2. The van der Waals surface area contributed by atoms with Gasteiger partial charge < -0.3 is 5.11 Å². The SMILES string of the molecule is CCSCCCC(Cc1cccc(Br)c1)C(=O)O. The summed E-state index contributed by atoms with van der Waals surface area (Å²) in [5, 5.41) is 9.24. The third-order valence-corrected chi connectivity index (χ3v) is 4.24. The van der Waals surface area contributed by atoms with Gasteiger partial charge in [0.25, 0.3) is 0 Å². The van der Waals surface area contributed by atoms with Crippen molar-refractivity contribution in [3.63, 3.8) is 0 Å². The van der Waals surface area contributed by atoms with E-state index in [1.807, 2.05) is 36.0 Å². The predicted octanol–water partition coefficient (Wildman–Crippen LogP) is 4.23. The molecule has 2 nitrogen and oxygen atoms in total. The third-order valence-electron chi connectivity index (χ3n) is 2.77. The van der Waals surface area contributed by atoms with Gasteiger partial charge in [-0.2, -0.15) is 11.8 Å². The molecule has 0 spiro atoms. The predicted molar refractivity (Wildman–Crippen MR) is 81.2 cm³/mol. The molecule has 0 saturated heterocycles. The number of rotatable bonds is 8. The standard InChI is InChI=1S/C14H19BrO2S/c1-2-18-8-4-6-12(14(16)17)9-11-5-3-7-13(15)10-11/h3,5,7,10,12H,2,4,6,8-9H2,1H3,(H,16,17). The highest BCUT2D eigenvalue weighted by molar-refractivity contribution is 9.10. The molecule has 4 heteroatoms. The lowest BCUT2D eigenvalue weighted by Gasteiger charge is -2.12. The minimum atomic E-state index is -0.684. The van der Waals surface area contributed by atoms with Crippen LogP contribution in [0, 0.1) is 5.92 Å². The molecule has 0 saturated carbocycles. The minimum absolute atomic E-state index is 0.267. The van der Waals surface area contributed by atoms with Crippen molar-refractivity contribution in [2.24, 2.45) is 5.92 Å². The topological polar surface area (TPSA) is 37.3 Å². The van der Waals surface area contributed by atoms with E-state index in [-0.39, 0.29) is 5.92 Å². The Hall–Kier alpha value is -0.480. The summed E-state index contributed by atoms with van der Waals surface area (Å²) in [7, 11) is 0. The summed E-state index contributed by atoms with van der Waals surface area (Å²) in [6, 6.07) is 7.89. The zero-order valence-electron chi connectivity index (χ0n) is 10.6. The fourth-order valence-electron chi connectivity index (χ4n) is 1.84. The molecule has 1 rings (SSSR count). The normalized spacial score (nSPS) is 12.3. The number of carboxylic acid groups (broad SMARTS) is 1. The summed E-state index contributed by atoms with van der Waals surface area (Å²) in [6.07, 6.45) is 2.35. The molecule has 0 amide bonds. The van der Waals surface area contributed by atoms with Gasteiger partial charge in [-0.3, -0.25) is 4.79 Å². The molecule has 0 radical (unpaired) electrons. The van der Waals surface area contributed by atoms with E-state index in [1.54, 1.807) is 0 Å². The van der Waals surface area contributed by atoms with E-state index in [2.05, 4.69) is 22.9 Å². The van der Waals surface area contributed by atoms with Crippen molar-refractivity contribution in [3.05, 3.63) is 34.3 Å². The number of hydrogen-bond acceptors (Lipinski definition) is 2. The van der Waals surface area contributed by atoms with Crippen LogP contribution in [-0.2, 0) is 11.2 Å². The zero-order chi connectivity index (χ0) is 13.4. The summed E-state index contributed by atoms with van der Waals surface area (Å²) in [5.41, 5.74) is 1.08. The fraction of sp³-hybridized carbons (Fsp3) is 0.500. The van der Waals surface area contributed by atoms with Crippen molar-refractivity contribution >= 4 is 33.7 Å². The smallest absolute Gasteiger partial charge is 0.306 e. The van der Waals surface area contributed by atoms with Crippen molar-refractivity contribution < 1.29 is 9.90 Å². The molecular weight excluding hydrogens is 312 g/mol. The molecule has 1 N–H and O–H groups in total. The zero-order valence-corrected chi connectivity index (χ0v) is 13.0. The van der Waals surface area contributed by atoms with E-state index >= 15 is 0 Å². The van der Waals surface area contributed by atoms with Crippen LogP contribution in [0.2, 0.25) is 0 Å². The van der Waals surface area contributed by atoms with Crippen molar-refractivity contribution in [1.82, 2.24) is 0 Å². The Bertz CT molecular complexity index is 382. The molecule has 100 valence electrons. The second-order valence-corrected chi connectivity index (χ2v) is 6.52. The molecule has 18 heavy (non-hydrogen) atoms. The molecule has 1 aromatic carbocycles. The largest absolute Gasteiger partial charge is 0.481 e. The summed E-state index contributed by atoms with van der Waals surface area (Å²) < 4.78 is 1.01. The van der Waals surface area contributed by atoms with Gasteiger partial charge in [0.2, 0.25) is 0 Å². The Balaban J connectivity index is 2.50. The quantitative estimate of drug-likeness (QED) is 0.725. The maximum absolute atomic E-state index is 11.2. The van der Waals surface area contributed by atoms with E-state index < -0.39 is 5.97 Å². The molecule has 1 aromatic rings. The lowest BCUT2D eigenvalue weighted by atomic mass is 9.95. The maximum Gasteiger partial charge on any atom is 0.306 e. The van der Waals surface area contributed by atoms with Crippen LogP contribution < -0.4 is 0 Å². The van der Waals surface area contributed by atoms with Gasteiger partial charge in [0.15, 0.2) is 0 Å². The van der Waals surface area contributed by atoms with E-state index in [4.69, 9.17) is 0 Å². The van der Waals surface area contributed by atoms with Gasteiger partial charge in [-0.15, -0.1) is 0 Å². The molecule has 0 aliphatic rings. The number of aliphatic carboxylic acids is 1. The third kappa shape index (κ3) is 5.91. The van der Waals surface area contributed by atoms with Gasteiger partial charge in [-0.05, 0) is 48.5 Å². The molecule has 0 heterocycles. The van der Waals surface area contributed by atoms with Crippen molar-refractivity contribution in [3.8, 4) is 0 Å². The van der Waals surface area contributed by atoms with Crippen LogP contribution in [-0.4, -0.2) is 22.6 Å². The Morgan fingerprint density at radius 3 is 2.89 bits per heavy atom. The van der Waals surface area contributed by atoms with E-state index in [9.17, 15) is 9.90 Å². The van der Waals surface area contributed by atoms with Crippen LogP contribution in [0.4, 0.5) is 0 Å². The first-order valence-electron chi connectivity index (χ1n) is 6.18. The van der Waals surface area contributed by atoms with Gasteiger partial charge in [0.05, 0.1) is 5.92 Å². The lowest BCUT2D eigenvalue weighted by molar-refractivity contribution is -0.141. The first-order valence-corrected chi connectivity index (χ1v) is 8.13. The minimum Gasteiger partial charge on any atom is -0.481 e. The second-order valence-electron chi connectivity index (χ2n) is 4.21. The molecule has 0 aliphatic heterocycles. The average Bonchev–Trinajstić information content (AvgIpc) is 2.33. The summed E-state index contributed by atoms with van der Waals surface area (Å²) >= 11 is 5.28. The van der Waals surface area contributed by atoms with Crippen LogP contribution in [0.25, 0.3) is 0 Å². The monoisotopic (exact) mass is 330 g/mol. The Morgan fingerprint density at radius 2 is 2.28 bits per heavy atom. The number of thioether (sulfide) groups is 1. The molecule has 1 unspecified atom stereocenters. The van der Waals surface area contributed by atoms with Crippen LogP contribution >= 0.6 is 27.7 Å². The molecular formula is C14H19BrO2S. The van der Waals surface area contributed by atoms with Crippen LogP contribution in [0.3, 0.4) is 0 Å². The Labute approximate surface area is 121 Å². The van der Waals surface area contributed by atoms with Gasteiger partial charge >= 0.3 is 5.97 Å². The number of hydrogen-bond donors (Lipinski definition) is 1. The first-order chi connectivity index (χ1) is 8.63. The van der Waals surface area contributed by atoms with Crippen molar-refractivity contribution in [1.29, 1.82) is 0 Å². The van der Waals surface area contributed by atoms with Gasteiger partial charge in [0.1, 0.15) is 0 Å². The second kappa shape index (κ2) is 8.59. The van der Waals surface area contributed by atoms with Crippen LogP contribution in [0.1, 0.15) is 25.3 Å². The van der Waals surface area contributed by atoms with Gasteiger partial charge in [-0.25, -0.2) is 0 Å². The molecule has 0 aliphatic carbocycles. The number of carboxylic acids is 1. The van der Waals surface area contributed by atoms with Crippen LogP contribution in [0.15, 0.2) is 28.7 Å². The highest BCUT2D eigenvalue weighted by Crippen LogP contribution is 2.19. The molecule has 0 bridgehead atoms. The average molecular weight is 331 g/mol. The molecule has 0 aromatic heterocycles. The number of benzene rings is 1. The Morgan fingerprint density at radius 1 is 1.50 bits per heavy atom. The highest BCUT2D eigenvalue weighted by atomic mass is 79.9. The first kappa shape index (κ1) is 15.6. The van der Waals surface area contributed by atoms with Gasteiger partial charge in [-0.1, -0.05) is 35.0 Å². The van der Waals surface area contributed by atoms with Crippen molar-refractivity contribution in [2.75, 3.05) is 11.5 Å². The summed E-state index contributed by atoms with van der Waals surface area (Å²) in [5.74, 6) is 1.20. The molecule has 0 fully saturated rings. The lowest BCUT2D eigenvalue weighted by Crippen LogP contribution is -2.16. The van der Waals surface area contributed by atoms with E-state index in [0.717, 1.165) is 34.4 Å². The van der Waals surface area contributed by atoms with Crippen LogP contribution in [0.5, 0.6) is 0 Å². The summed E-state index contributed by atoms with van der Waals surface area (Å²) in [6.45, 7) is 2.13. The molecule has 1 atom stereocenters. The number of halogens is 1. The Kier molecular flexibility index (Phi) is 7.44. The van der Waals surface area contributed by atoms with E-state index in [0.29, 0.717) is 6.42 Å². The number of carbonyl (C=O) groups is 1. The van der Waals surface area contributed by atoms with Gasteiger partial charge in [0, 0.05) is 4.47 Å². The fourth-order valence-corrected chi connectivity index (χ4v) is 2.94. The van der Waals surface area contributed by atoms with E-state index in [1.165, 1.54) is 0 Å². The van der Waals surface area contributed by atoms with Crippen molar-refractivity contribution in [2.45, 2.75) is 26.2 Å². The maximum atomic E-state index is 11.2.